The Morgan fingerprint density at radius 1 is 1.26 bits per heavy atom. The Balaban J connectivity index is 1.94. The van der Waals surface area contributed by atoms with Crippen molar-refractivity contribution in [2.75, 3.05) is 33.9 Å². The number of nitrogens with zero attached hydrogens (tertiary/aromatic N) is 1. The van der Waals surface area contributed by atoms with E-state index in [1.807, 2.05) is 24.3 Å². The molecule has 0 amide bonds. The summed E-state index contributed by atoms with van der Waals surface area (Å²) in [5.74, 6) is 0.771. The van der Waals surface area contributed by atoms with Crippen molar-refractivity contribution in [3.05, 3.63) is 29.8 Å². The minimum Gasteiger partial charge on any atom is -0.496 e. The predicted octanol–water partition coefficient (Wildman–Crippen LogP) is 1.99. The van der Waals surface area contributed by atoms with Crippen LogP contribution in [-0.4, -0.2) is 50.6 Å². The Kier molecular flexibility index (Phi) is 4.93. The molecule has 0 radical (unpaired) electrons. The summed E-state index contributed by atoms with van der Waals surface area (Å²) in [6, 6.07) is 7.39. The first-order valence-electron chi connectivity index (χ1n) is 6.66. The summed E-state index contributed by atoms with van der Waals surface area (Å²) in [5, 5.41) is 0. The predicted molar refractivity (Wildman–Crippen MR) is 73.8 cm³/mol. The van der Waals surface area contributed by atoms with Gasteiger partial charge < -0.3 is 9.47 Å². The third kappa shape index (κ3) is 3.55. The van der Waals surface area contributed by atoms with E-state index < -0.39 is 0 Å². The molecule has 0 unspecified atom stereocenters. The van der Waals surface area contributed by atoms with Gasteiger partial charge in [-0.1, -0.05) is 12.1 Å². The van der Waals surface area contributed by atoms with Gasteiger partial charge in [-0.25, -0.2) is 0 Å². The molecule has 1 fully saturated rings. The largest absolute Gasteiger partial charge is 0.496 e. The van der Waals surface area contributed by atoms with Crippen molar-refractivity contribution in [1.82, 2.24) is 4.90 Å². The van der Waals surface area contributed by atoms with Crippen molar-refractivity contribution in [2.24, 2.45) is 0 Å². The van der Waals surface area contributed by atoms with Gasteiger partial charge in [-0.3, -0.25) is 9.69 Å². The van der Waals surface area contributed by atoms with Crippen LogP contribution in [0.2, 0.25) is 0 Å². The molecule has 0 aromatic heterocycles. The number of benzene rings is 1. The van der Waals surface area contributed by atoms with E-state index in [9.17, 15) is 4.79 Å². The maximum absolute atomic E-state index is 12.3. The molecule has 19 heavy (non-hydrogen) atoms. The van der Waals surface area contributed by atoms with Crippen LogP contribution >= 0.6 is 0 Å². The van der Waals surface area contributed by atoms with Crippen molar-refractivity contribution < 1.29 is 14.3 Å². The molecule has 0 spiro atoms. The highest BCUT2D eigenvalue weighted by atomic mass is 16.5. The number of ketones is 1. The molecular weight excluding hydrogens is 242 g/mol. The summed E-state index contributed by atoms with van der Waals surface area (Å²) in [5.41, 5.74) is 0.666. The zero-order chi connectivity index (χ0) is 13.7. The molecule has 104 valence electrons. The fourth-order valence-electron chi connectivity index (χ4n) is 2.47. The average Bonchev–Trinajstić information content (AvgIpc) is 2.48. The summed E-state index contributed by atoms with van der Waals surface area (Å²) >= 11 is 0. The molecule has 0 aliphatic carbocycles. The first kappa shape index (κ1) is 14.0. The average molecular weight is 263 g/mol. The van der Waals surface area contributed by atoms with Crippen molar-refractivity contribution in [2.45, 2.75) is 18.9 Å². The van der Waals surface area contributed by atoms with E-state index in [2.05, 4.69) is 4.90 Å². The molecule has 0 saturated carbocycles. The number of rotatable bonds is 5. The summed E-state index contributed by atoms with van der Waals surface area (Å²) in [7, 11) is 3.34. The fraction of sp³-hybridized carbons (Fsp3) is 0.533. The molecule has 1 aliphatic rings. The number of likely N-dealkylation sites (tertiary alicyclic amines) is 1. The topological polar surface area (TPSA) is 38.8 Å². The van der Waals surface area contributed by atoms with Crippen LogP contribution in [-0.2, 0) is 4.74 Å². The van der Waals surface area contributed by atoms with Crippen LogP contribution in [0.25, 0.3) is 0 Å². The second-order valence-corrected chi connectivity index (χ2v) is 4.83. The van der Waals surface area contributed by atoms with E-state index in [1.54, 1.807) is 14.2 Å². The van der Waals surface area contributed by atoms with E-state index in [1.165, 1.54) is 0 Å². The molecule has 1 aromatic carbocycles. The monoisotopic (exact) mass is 263 g/mol. The molecular formula is C15H21NO3. The summed E-state index contributed by atoms with van der Waals surface area (Å²) < 4.78 is 10.6. The van der Waals surface area contributed by atoms with Crippen LogP contribution < -0.4 is 4.74 Å². The van der Waals surface area contributed by atoms with E-state index >= 15 is 0 Å². The van der Waals surface area contributed by atoms with Gasteiger partial charge in [0.25, 0.3) is 0 Å². The molecule has 0 N–H and O–H groups in total. The lowest BCUT2D eigenvalue weighted by Gasteiger charge is -2.30. The zero-order valence-electron chi connectivity index (χ0n) is 11.6. The smallest absolute Gasteiger partial charge is 0.180 e. The van der Waals surface area contributed by atoms with Gasteiger partial charge in [-0.05, 0) is 25.0 Å². The number of Topliss-reactive ketones (excluding diaryl/α,β-unsaturated/α-hetero) is 1. The standard InChI is InChI=1S/C15H21NO3/c1-18-12-7-9-16(10-8-12)11-14(17)13-5-3-4-6-15(13)19-2/h3-6,12H,7-11H2,1-2H3. The minimum atomic E-state index is 0.119. The van der Waals surface area contributed by atoms with Crippen LogP contribution in [0, 0.1) is 0 Å². The number of para-hydroxylation sites is 1. The van der Waals surface area contributed by atoms with E-state index in [0.29, 0.717) is 24.0 Å². The number of hydrogen-bond acceptors (Lipinski definition) is 4. The normalized spacial score (nSPS) is 17.4. The molecule has 0 atom stereocenters. The second-order valence-electron chi connectivity index (χ2n) is 4.83. The van der Waals surface area contributed by atoms with Gasteiger partial charge in [0.05, 0.1) is 25.3 Å². The Morgan fingerprint density at radius 2 is 1.95 bits per heavy atom. The molecule has 1 aromatic rings. The zero-order valence-corrected chi connectivity index (χ0v) is 11.6. The van der Waals surface area contributed by atoms with Gasteiger partial charge in [-0.2, -0.15) is 0 Å². The Morgan fingerprint density at radius 3 is 2.58 bits per heavy atom. The lowest BCUT2D eigenvalue weighted by Crippen LogP contribution is -2.39. The number of piperidine rings is 1. The summed E-state index contributed by atoms with van der Waals surface area (Å²) in [6.07, 6.45) is 2.34. The summed E-state index contributed by atoms with van der Waals surface area (Å²) in [4.78, 5) is 14.5. The molecule has 1 heterocycles. The highest BCUT2D eigenvalue weighted by Crippen LogP contribution is 2.19. The maximum atomic E-state index is 12.3. The SMILES string of the molecule is COc1ccccc1C(=O)CN1CCC(OC)CC1. The molecule has 4 nitrogen and oxygen atoms in total. The number of carbonyl (C=O) groups excluding carboxylic acids is 1. The Labute approximate surface area is 114 Å². The first-order valence-corrected chi connectivity index (χ1v) is 6.66. The minimum absolute atomic E-state index is 0.119. The van der Waals surface area contributed by atoms with Gasteiger partial charge in [0.2, 0.25) is 0 Å². The molecule has 2 rings (SSSR count). The van der Waals surface area contributed by atoms with Crippen LogP contribution in [0.15, 0.2) is 24.3 Å². The van der Waals surface area contributed by atoms with Crippen LogP contribution in [0.5, 0.6) is 5.75 Å². The Bertz CT molecular complexity index is 425. The molecule has 4 heteroatoms. The van der Waals surface area contributed by atoms with Gasteiger partial charge in [0.1, 0.15) is 5.75 Å². The van der Waals surface area contributed by atoms with Crippen LogP contribution in [0.1, 0.15) is 23.2 Å². The highest BCUT2D eigenvalue weighted by Gasteiger charge is 2.21. The molecule has 1 aliphatic heterocycles. The van der Waals surface area contributed by atoms with Gasteiger partial charge >= 0.3 is 0 Å². The number of methoxy groups -OCH3 is 2. The van der Waals surface area contributed by atoms with E-state index in [4.69, 9.17) is 9.47 Å². The Hall–Kier alpha value is -1.39. The lowest BCUT2D eigenvalue weighted by molar-refractivity contribution is 0.0401. The number of carbonyl (C=O) groups is 1. The molecule has 1 saturated heterocycles. The first-order chi connectivity index (χ1) is 9.24. The van der Waals surface area contributed by atoms with Gasteiger partial charge in [0, 0.05) is 20.2 Å². The van der Waals surface area contributed by atoms with Crippen molar-refractivity contribution in [3.8, 4) is 5.75 Å². The quantitative estimate of drug-likeness (QED) is 0.762. The summed E-state index contributed by atoms with van der Waals surface area (Å²) in [6.45, 7) is 2.29. The van der Waals surface area contributed by atoms with Crippen molar-refractivity contribution in [3.63, 3.8) is 0 Å². The van der Waals surface area contributed by atoms with Crippen molar-refractivity contribution in [1.29, 1.82) is 0 Å². The highest BCUT2D eigenvalue weighted by molar-refractivity contribution is 6.00. The number of ether oxygens (including phenoxy) is 2. The molecule has 0 bridgehead atoms. The van der Waals surface area contributed by atoms with Crippen LogP contribution in [0.3, 0.4) is 0 Å². The van der Waals surface area contributed by atoms with Crippen LogP contribution in [0.4, 0.5) is 0 Å². The van der Waals surface area contributed by atoms with Crippen molar-refractivity contribution >= 4 is 5.78 Å². The number of hydrogen-bond donors (Lipinski definition) is 0. The third-order valence-corrected chi connectivity index (χ3v) is 3.64. The van der Waals surface area contributed by atoms with Gasteiger partial charge in [-0.15, -0.1) is 0 Å². The second kappa shape index (κ2) is 6.68. The lowest BCUT2D eigenvalue weighted by atomic mass is 10.1. The van der Waals surface area contributed by atoms with E-state index in [0.717, 1.165) is 25.9 Å². The third-order valence-electron chi connectivity index (χ3n) is 3.64. The van der Waals surface area contributed by atoms with E-state index in [-0.39, 0.29) is 5.78 Å². The fourth-order valence-corrected chi connectivity index (χ4v) is 2.47. The maximum Gasteiger partial charge on any atom is 0.180 e. The van der Waals surface area contributed by atoms with Gasteiger partial charge in [0.15, 0.2) is 5.78 Å².